The topological polar surface area (TPSA) is 29.1 Å². The lowest BCUT2D eigenvalue weighted by atomic mass is 10.1. The van der Waals surface area contributed by atoms with Crippen LogP contribution in [0.5, 0.6) is 0 Å². The molecule has 0 atom stereocenters. The minimum atomic E-state index is -0.0176. The molecular formula is C15H15Cl2NOS2. The van der Waals surface area contributed by atoms with Crippen molar-refractivity contribution in [3.63, 3.8) is 0 Å². The first-order valence-corrected chi connectivity index (χ1v) is 9.25. The van der Waals surface area contributed by atoms with E-state index in [0.717, 1.165) is 17.1 Å². The van der Waals surface area contributed by atoms with E-state index >= 15 is 0 Å². The molecule has 1 N–H and O–H groups in total. The lowest BCUT2D eigenvalue weighted by molar-refractivity contribution is -0.120. The van der Waals surface area contributed by atoms with Crippen LogP contribution in [0, 0.1) is 0 Å². The fraction of sp³-hybridized carbons (Fsp3) is 0.267. The molecule has 1 aromatic carbocycles. The summed E-state index contributed by atoms with van der Waals surface area (Å²) in [5.41, 5.74) is 0.796. The van der Waals surface area contributed by atoms with Crippen LogP contribution in [0.2, 0.25) is 10.0 Å². The Bertz CT molecular complexity index is 587. The molecule has 0 radical (unpaired) electrons. The van der Waals surface area contributed by atoms with E-state index in [-0.39, 0.29) is 12.3 Å². The molecule has 1 aromatic heterocycles. The van der Waals surface area contributed by atoms with Gasteiger partial charge in [-0.05, 0) is 29.1 Å². The molecule has 0 spiro atoms. The number of benzene rings is 1. The number of halogens is 2. The molecule has 0 bridgehead atoms. The first-order valence-electron chi connectivity index (χ1n) is 6.46. The summed E-state index contributed by atoms with van der Waals surface area (Å²) in [5, 5.41) is 6.09. The van der Waals surface area contributed by atoms with Crippen LogP contribution in [0.4, 0.5) is 0 Å². The van der Waals surface area contributed by atoms with E-state index in [1.165, 1.54) is 4.88 Å². The lowest BCUT2D eigenvalue weighted by Gasteiger charge is -2.06. The lowest BCUT2D eigenvalue weighted by Crippen LogP contribution is -2.27. The van der Waals surface area contributed by atoms with Gasteiger partial charge in [-0.2, -0.15) is 11.8 Å². The number of thiophene rings is 1. The monoisotopic (exact) mass is 359 g/mol. The van der Waals surface area contributed by atoms with Gasteiger partial charge in [0.15, 0.2) is 0 Å². The van der Waals surface area contributed by atoms with Crippen LogP contribution in [-0.2, 0) is 17.0 Å². The highest BCUT2D eigenvalue weighted by Crippen LogP contribution is 2.21. The molecule has 0 fully saturated rings. The molecule has 2 rings (SSSR count). The molecule has 0 unspecified atom stereocenters. The highest BCUT2D eigenvalue weighted by Gasteiger charge is 2.07. The molecular weight excluding hydrogens is 345 g/mol. The van der Waals surface area contributed by atoms with E-state index in [1.54, 1.807) is 29.5 Å². The summed E-state index contributed by atoms with van der Waals surface area (Å²) < 4.78 is 0. The number of nitrogens with one attached hydrogen (secondary N) is 1. The van der Waals surface area contributed by atoms with E-state index in [1.807, 2.05) is 11.8 Å². The third-order valence-corrected chi connectivity index (χ3v) is 5.41. The molecule has 2 aromatic rings. The van der Waals surface area contributed by atoms with Gasteiger partial charge >= 0.3 is 0 Å². The number of thioether (sulfide) groups is 1. The number of hydrogen-bond acceptors (Lipinski definition) is 3. The van der Waals surface area contributed by atoms with Crippen LogP contribution in [0.1, 0.15) is 10.4 Å². The minimum Gasteiger partial charge on any atom is -0.355 e. The Morgan fingerprint density at radius 3 is 2.86 bits per heavy atom. The second-order valence-electron chi connectivity index (χ2n) is 4.39. The van der Waals surface area contributed by atoms with Crippen molar-refractivity contribution >= 4 is 52.2 Å². The molecule has 21 heavy (non-hydrogen) atoms. The Labute approximate surface area is 142 Å². The van der Waals surface area contributed by atoms with Crippen molar-refractivity contribution in [1.82, 2.24) is 5.32 Å². The van der Waals surface area contributed by atoms with Gasteiger partial charge in [-0.25, -0.2) is 0 Å². The maximum atomic E-state index is 11.8. The van der Waals surface area contributed by atoms with Crippen LogP contribution in [0.25, 0.3) is 0 Å². The highest BCUT2D eigenvalue weighted by atomic mass is 35.5. The van der Waals surface area contributed by atoms with Gasteiger partial charge in [0, 0.05) is 33.0 Å². The molecule has 2 nitrogen and oxygen atoms in total. The zero-order chi connectivity index (χ0) is 15.1. The van der Waals surface area contributed by atoms with Crippen molar-refractivity contribution in [3.8, 4) is 0 Å². The van der Waals surface area contributed by atoms with Gasteiger partial charge in [0.25, 0.3) is 0 Å². The Kier molecular flexibility index (Phi) is 6.90. The number of amides is 1. The fourth-order valence-electron chi connectivity index (χ4n) is 1.73. The molecule has 0 aliphatic rings. The smallest absolute Gasteiger partial charge is 0.224 e. The van der Waals surface area contributed by atoms with Crippen LogP contribution in [0.3, 0.4) is 0 Å². The standard InChI is InChI=1S/C15H15Cl2NOS2/c16-12-4-3-11(14(17)9-12)8-15(19)18-5-7-20-10-13-2-1-6-21-13/h1-4,6,9H,5,7-8,10H2,(H,18,19). The van der Waals surface area contributed by atoms with E-state index < -0.39 is 0 Å². The van der Waals surface area contributed by atoms with Crippen molar-refractivity contribution in [2.45, 2.75) is 12.2 Å². The quantitative estimate of drug-likeness (QED) is 0.729. The normalized spacial score (nSPS) is 10.6. The van der Waals surface area contributed by atoms with Crippen molar-refractivity contribution < 1.29 is 4.79 Å². The van der Waals surface area contributed by atoms with Gasteiger partial charge in [0.05, 0.1) is 6.42 Å². The van der Waals surface area contributed by atoms with Gasteiger partial charge in [-0.1, -0.05) is 35.3 Å². The van der Waals surface area contributed by atoms with Crippen LogP contribution < -0.4 is 5.32 Å². The number of hydrogen-bond donors (Lipinski definition) is 1. The summed E-state index contributed by atoms with van der Waals surface area (Å²) in [6, 6.07) is 9.36. The summed E-state index contributed by atoms with van der Waals surface area (Å²) in [6.45, 7) is 0.667. The number of rotatable bonds is 7. The van der Waals surface area contributed by atoms with E-state index in [4.69, 9.17) is 23.2 Å². The third-order valence-electron chi connectivity index (χ3n) is 2.76. The zero-order valence-electron chi connectivity index (χ0n) is 11.3. The maximum absolute atomic E-state index is 11.8. The highest BCUT2D eigenvalue weighted by molar-refractivity contribution is 7.98. The molecule has 0 aliphatic carbocycles. The third kappa shape index (κ3) is 5.91. The summed E-state index contributed by atoms with van der Waals surface area (Å²) >= 11 is 15.4. The Hall–Kier alpha value is -0.680. The second-order valence-corrected chi connectivity index (χ2v) is 7.38. The van der Waals surface area contributed by atoms with Crippen LogP contribution in [-0.4, -0.2) is 18.2 Å². The molecule has 1 heterocycles. The van der Waals surface area contributed by atoms with Gasteiger partial charge < -0.3 is 5.32 Å². The Balaban J connectivity index is 1.65. The predicted molar refractivity (Wildman–Crippen MR) is 93.7 cm³/mol. The van der Waals surface area contributed by atoms with Crippen molar-refractivity contribution in [3.05, 3.63) is 56.2 Å². The van der Waals surface area contributed by atoms with E-state index in [2.05, 4.69) is 22.8 Å². The first kappa shape index (κ1) is 16.7. The molecule has 112 valence electrons. The minimum absolute atomic E-state index is 0.0176. The average molecular weight is 360 g/mol. The summed E-state index contributed by atoms with van der Waals surface area (Å²) in [7, 11) is 0. The summed E-state index contributed by atoms with van der Waals surface area (Å²) in [5.74, 6) is 1.88. The van der Waals surface area contributed by atoms with E-state index in [9.17, 15) is 4.79 Å². The zero-order valence-corrected chi connectivity index (χ0v) is 14.4. The molecule has 0 saturated heterocycles. The number of carbonyl (C=O) groups is 1. The second kappa shape index (κ2) is 8.69. The van der Waals surface area contributed by atoms with Gasteiger partial charge in [0.2, 0.25) is 5.91 Å². The molecule has 1 amide bonds. The molecule has 0 aliphatic heterocycles. The first-order chi connectivity index (χ1) is 10.1. The summed E-state index contributed by atoms with van der Waals surface area (Å²) in [6.07, 6.45) is 0.283. The van der Waals surface area contributed by atoms with Crippen molar-refractivity contribution in [2.24, 2.45) is 0 Å². The van der Waals surface area contributed by atoms with Crippen molar-refractivity contribution in [2.75, 3.05) is 12.3 Å². The Morgan fingerprint density at radius 2 is 2.14 bits per heavy atom. The predicted octanol–water partition coefficient (Wildman–Crippen LogP) is 4.65. The van der Waals surface area contributed by atoms with Gasteiger partial charge in [-0.3, -0.25) is 4.79 Å². The van der Waals surface area contributed by atoms with Crippen LogP contribution in [0.15, 0.2) is 35.7 Å². The van der Waals surface area contributed by atoms with E-state index in [0.29, 0.717) is 16.6 Å². The maximum Gasteiger partial charge on any atom is 0.224 e. The Morgan fingerprint density at radius 1 is 1.29 bits per heavy atom. The van der Waals surface area contributed by atoms with Crippen molar-refractivity contribution in [1.29, 1.82) is 0 Å². The summed E-state index contributed by atoms with van der Waals surface area (Å²) in [4.78, 5) is 13.2. The largest absolute Gasteiger partial charge is 0.355 e. The fourth-order valence-corrected chi connectivity index (χ4v) is 3.91. The average Bonchev–Trinajstić information content (AvgIpc) is 2.95. The molecule has 6 heteroatoms. The SMILES string of the molecule is O=C(Cc1ccc(Cl)cc1Cl)NCCSCc1cccs1. The number of carbonyl (C=O) groups excluding carboxylic acids is 1. The molecule has 0 saturated carbocycles. The van der Waals surface area contributed by atoms with Crippen LogP contribution >= 0.6 is 46.3 Å². The van der Waals surface area contributed by atoms with Gasteiger partial charge in [0.1, 0.15) is 0 Å². The van der Waals surface area contributed by atoms with Gasteiger partial charge in [-0.15, -0.1) is 11.3 Å².